The largest absolute Gasteiger partial charge is 0.458 e. The highest BCUT2D eigenvalue weighted by Crippen LogP contribution is 2.37. The van der Waals surface area contributed by atoms with Crippen LogP contribution >= 0.6 is 0 Å². The van der Waals surface area contributed by atoms with E-state index in [-0.39, 0.29) is 27.9 Å². The van der Waals surface area contributed by atoms with E-state index < -0.39 is 72.2 Å². The Morgan fingerprint density at radius 3 is 2.05 bits per heavy atom. The third kappa shape index (κ3) is 6.50. The van der Waals surface area contributed by atoms with Crippen LogP contribution in [-0.4, -0.2) is 14.1 Å². The normalized spacial score (nSPS) is 14.9. The molecule has 58 heavy (non-hydrogen) atoms. The van der Waals surface area contributed by atoms with Gasteiger partial charge in [-0.05, 0) is 88.1 Å². The van der Waals surface area contributed by atoms with E-state index in [1.54, 1.807) is 51.7 Å². The van der Waals surface area contributed by atoms with Gasteiger partial charge in [0, 0.05) is 25.8 Å². The second-order valence-electron chi connectivity index (χ2n) is 14.9. The van der Waals surface area contributed by atoms with Gasteiger partial charge < -0.3 is 4.74 Å². The molecule has 10 aromatic rings. The van der Waals surface area contributed by atoms with E-state index >= 15 is 0 Å². The van der Waals surface area contributed by atoms with Crippen molar-refractivity contribution >= 4 is 32.8 Å². The molecule has 3 heterocycles. The molecule has 0 N–H and O–H groups in total. The van der Waals surface area contributed by atoms with Crippen molar-refractivity contribution in [2.45, 2.75) is 27.1 Å². The number of aromatic nitrogens is 4. The van der Waals surface area contributed by atoms with Crippen LogP contribution in [0.5, 0.6) is 11.5 Å². The summed E-state index contributed by atoms with van der Waals surface area (Å²) in [7, 11) is 0. The number of benzene rings is 7. The van der Waals surface area contributed by atoms with E-state index in [4.69, 9.17) is 26.2 Å². The molecule has 0 aliphatic heterocycles. The van der Waals surface area contributed by atoms with Gasteiger partial charge >= 0.3 is 0 Å². The van der Waals surface area contributed by atoms with Gasteiger partial charge in [0.25, 0.3) is 6.33 Å². The van der Waals surface area contributed by atoms with E-state index in [1.807, 2.05) is 110 Å². The third-order valence-corrected chi connectivity index (χ3v) is 9.81. The fraction of sp³-hybridized carbons (Fsp3) is 0.0943. The van der Waals surface area contributed by atoms with Gasteiger partial charge in [-0.25, -0.2) is 4.98 Å². The fourth-order valence-corrected chi connectivity index (χ4v) is 7.51. The maximum Gasteiger partial charge on any atom is 0.269 e. The van der Waals surface area contributed by atoms with Gasteiger partial charge in [-0.15, -0.1) is 0 Å². The average molecular weight is 763 g/mol. The van der Waals surface area contributed by atoms with E-state index in [0.717, 1.165) is 21.8 Å². The van der Waals surface area contributed by atoms with Crippen LogP contribution in [0.1, 0.15) is 42.8 Å². The number of imidazole rings is 1. The Balaban J connectivity index is 1.13. The minimum Gasteiger partial charge on any atom is -0.458 e. The quantitative estimate of drug-likeness (QED) is 0.114. The summed E-state index contributed by atoms with van der Waals surface area (Å²) >= 11 is 0. The van der Waals surface area contributed by atoms with Crippen molar-refractivity contribution in [2.24, 2.45) is 5.41 Å². The molecule has 0 fully saturated rings. The molecule has 0 spiro atoms. The van der Waals surface area contributed by atoms with E-state index in [2.05, 4.69) is 6.33 Å². The zero-order valence-corrected chi connectivity index (χ0v) is 31.8. The van der Waals surface area contributed by atoms with Crippen LogP contribution in [0, 0.1) is 11.7 Å². The minimum atomic E-state index is -1.65. The standard InChI is InChI=1S/C53H42N4O/c1-53(2,3)35-37-30-31-54-51(32-37)57-47-25-11-10-22-45(47)46-29-28-42(34-50(46)57)58-41-21-14-20-40(33-41)55-36-56(49-27-13-12-26-48(49)55)52-43(38-16-6-4-7-17-38)23-15-24-44(52)39-18-8-5-9-19-39/h4-34H,35H2,1-3H3/i4D,5D,6D,7D,8D,9D,16D,17D,18D,19D,35D2. The van der Waals surface area contributed by atoms with Gasteiger partial charge in [0.1, 0.15) is 17.3 Å². The topological polar surface area (TPSA) is 35.9 Å². The summed E-state index contributed by atoms with van der Waals surface area (Å²) in [6, 6.07) is 31.3. The van der Waals surface area contributed by atoms with Gasteiger partial charge in [0.05, 0.1) is 47.1 Å². The molecule has 0 atom stereocenters. The Hall–Kier alpha value is -7.24. The zero-order valence-electron chi connectivity index (χ0n) is 43.8. The highest BCUT2D eigenvalue weighted by molar-refractivity contribution is 6.09. The van der Waals surface area contributed by atoms with E-state index in [1.165, 1.54) is 0 Å². The molecule has 7 aromatic carbocycles. The Kier molecular flexibility index (Phi) is 6.04. The number of ether oxygens (including phenoxy) is 1. The van der Waals surface area contributed by atoms with Gasteiger partial charge in [-0.2, -0.15) is 0 Å². The van der Waals surface area contributed by atoms with Crippen molar-refractivity contribution in [3.63, 3.8) is 0 Å². The first-order valence-corrected chi connectivity index (χ1v) is 18.8. The summed E-state index contributed by atoms with van der Waals surface area (Å²) in [6.45, 7) is 5.62. The molecule has 0 radical (unpaired) electrons. The van der Waals surface area contributed by atoms with Crippen LogP contribution in [-0.2, 0) is 6.37 Å². The van der Waals surface area contributed by atoms with Crippen molar-refractivity contribution in [1.82, 2.24) is 14.1 Å². The van der Waals surface area contributed by atoms with Gasteiger partial charge in [-0.3, -0.25) is 13.7 Å². The number of hydrogen-bond donors (Lipinski definition) is 0. The molecule has 280 valence electrons. The predicted octanol–water partition coefficient (Wildman–Crippen LogP) is 12.9. The van der Waals surface area contributed by atoms with Crippen LogP contribution in [0.3, 0.4) is 0 Å². The van der Waals surface area contributed by atoms with Crippen LogP contribution in [0.2, 0.25) is 0 Å². The first-order valence-electron chi connectivity index (χ1n) is 24.8. The Bertz CT molecular complexity index is 3650. The van der Waals surface area contributed by atoms with Crippen molar-refractivity contribution in [1.29, 1.82) is 0 Å². The SMILES string of the molecule is [2H]c1c([2H])c([2H])c(-c2cccc(-c3c([2H])c([2H])c([2H])c([2H])c3[2H])c2-[n+]2[c-]n(-c3cccc(Oc4ccc5c6ccccc6n(-c6cc(C([2H])([2H])C(C)(C)C)ccn6)c5c4)c3)c3ccccc32)c([2H])c1[2H]. The van der Waals surface area contributed by atoms with Crippen molar-refractivity contribution in [3.05, 3.63) is 200 Å². The predicted molar refractivity (Wildman–Crippen MR) is 236 cm³/mol. The molecule has 10 rings (SSSR count). The first-order chi connectivity index (χ1) is 33.3. The van der Waals surface area contributed by atoms with Crippen molar-refractivity contribution in [3.8, 4) is 50.9 Å². The van der Waals surface area contributed by atoms with Crippen molar-refractivity contribution < 1.29 is 25.8 Å². The van der Waals surface area contributed by atoms with Crippen LogP contribution in [0.25, 0.3) is 72.3 Å². The van der Waals surface area contributed by atoms with Crippen molar-refractivity contribution in [2.75, 3.05) is 0 Å². The molecular weight excluding hydrogens is 709 g/mol. The Labute approximate surface area is 355 Å². The summed E-state index contributed by atoms with van der Waals surface area (Å²) in [4.78, 5) is 4.73. The lowest BCUT2D eigenvalue weighted by atomic mass is 9.88. The molecule has 5 heteroatoms. The maximum absolute atomic E-state index is 9.00. The molecule has 0 aliphatic carbocycles. The number of nitrogens with zero attached hydrogens (tertiary/aromatic N) is 4. The summed E-state index contributed by atoms with van der Waals surface area (Å²) in [5.74, 6) is 1.54. The summed E-state index contributed by atoms with van der Waals surface area (Å²) in [6.07, 6.45) is 3.40. The summed E-state index contributed by atoms with van der Waals surface area (Å²) < 4.78 is 117. The molecule has 0 bridgehead atoms. The number of rotatable bonds is 8. The molecule has 0 aliphatic rings. The van der Waals surface area contributed by atoms with Gasteiger partial charge in [-0.1, -0.05) is 148 Å². The average Bonchev–Trinajstić information content (AvgIpc) is 3.90. The lowest BCUT2D eigenvalue weighted by Crippen LogP contribution is -2.31. The van der Waals surface area contributed by atoms with Gasteiger partial charge in [0.15, 0.2) is 0 Å². The van der Waals surface area contributed by atoms with Crippen LogP contribution in [0.15, 0.2) is 188 Å². The number of fused-ring (bicyclic) bond motifs is 4. The first kappa shape index (κ1) is 24.4. The third-order valence-electron chi connectivity index (χ3n) is 9.81. The van der Waals surface area contributed by atoms with Gasteiger partial charge in [0.2, 0.25) is 0 Å². The molecule has 0 amide bonds. The monoisotopic (exact) mass is 762 g/mol. The molecule has 0 unspecified atom stereocenters. The number of para-hydroxylation sites is 4. The maximum atomic E-state index is 9.00. The summed E-state index contributed by atoms with van der Waals surface area (Å²) in [5, 5.41) is 1.94. The highest BCUT2D eigenvalue weighted by atomic mass is 16.5. The van der Waals surface area contributed by atoms with Crippen LogP contribution in [0.4, 0.5) is 0 Å². The Morgan fingerprint density at radius 2 is 1.31 bits per heavy atom. The second-order valence-corrected chi connectivity index (χ2v) is 14.9. The lowest BCUT2D eigenvalue weighted by molar-refractivity contribution is -0.571. The summed E-state index contributed by atoms with van der Waals surface area (Å²) in [5.41, 5.74) is 3.45. The molecule has 0 saturated carbocycles. The minimum absolute atomic E-state index is 0.144. The Morgan fingerprint density at radius 1 is 0.655 bits per heavy atom. The lowest BCUT2D eigenvalue weighted by Gasteiger charge is -2.18. The van der Waals surface area contributed by atoms with E-state index in [9.17, 15) is 0 Å². The number of hydrogen-bond acceptors (Lipinski definition) is 2. The van der Waals surface area contributed by atoms with E-state index in [0.29, 0.717) is 39.6 Å². The fourth-order valence-electron chi connectivity index (χ4n) is 7.51. The molecule has 3 aromatic heterocycles. The highest BCUT2D eigenvalue weighted by Gasteiger charge is 2.20. The molecule has 5 nitrogen and oxygen atoms in total. The smallest absolute Gasteiger partial charge is 0.269 e. The molecular formula is C53H42N4O. The second kappa shape index (κ2) is 14.4. The molecule has 0 saturated heterocycles. The zero-order chi connectivity index (χ0) is 49.7. The number of pyridine rings is 1. The van der Waals surface area contributed by atoms with Crippen LogP contribution < -0.4 is 9.30 Å².